The van der Waals surface area contributed by atoms with Gasteiger partial charge in [0.25, 0.3) is 0 Å². The standard InChI is InChI=1S/C20H25FN2O2/c21-19-7-3-1-5-16(19)14-23-11-10-22(15-18(23)9-12-24)13-17-6-2-4-8-20(17)25/h1-8,18,24-25H,9-15H2/t18-/m0/s1. The number of para-hydroxylation sites is 1. The first-order valence-corrected chi connectivity index (χ1v) is 8.75. The van der Waals surface area contributed by atoms with Gasteiger partial charge in [-0.3, -0.25) is 9.80 Å². The van der Waals surface area contributed by atoms with E-state index in [1.807, 2.05) is 30.3 Å². The van der Waals surface area contributed by atoms with Gasteiger partial charge in [0.15, 0.2) is 0 Å². The lowest BCUT2D eigenvalue weighted by Gasteiger charge is -2.41. The van der Waals surface area contributed by atoms with Crippen molar-refractivity contribution in [2.45, 2.75) is 25.6 Å². The lowest BCUT2D eigenvalue weighted by Crippen LogP contribution is -2.52. The molecule has 5 heteroatoms. The molecule has 0 saturated carbocycles. The van der Waals surface area contributed by atoms with Gasteiger partial charge in [-0.1, -0.05) is 36.4 Å². The molecule has 2 N–H and O–H groups in total. The summed E-state index contributed by atoms with van der Waals surface area (Å²) in [5.74, 6) is 0.136. The van der Waals surface area contributed by atoms with Crippen LogP contribution < -0.4 is 0 Å². The van der Waals surface area contributed by atoms with Gasteiger partial charge in [0.05, 0.1) is 0 Å². The van der Waals surface area contributed by atoms with Gasteiger partial charge < -0.3 is 10.2 Å². The van der Waals surface area contributed by atoms with E-state index in [9.17, 15) is 14.6 Å². The molecule has 134 valence electrons. The molecule has 1 heterocycles. The average molecular weight is 344 g/mol. The van der Waals surface area contributed by atoms with Crippen LogP contribution in [0.25, 0.3) is 0 Å². The van der Waals surface area contributed by atoms with Crippen molar-refractivity contribution in [3.8, 4) is 5.75 Å². The number of phenols is 1. The topological polar surface area (TPSA) is 46.9 Å². The Bertz CT molecular complexity index is 695. The zero-order valence-electron chi connectivity index (χ0n) is 14.3. The number of rotatable bonds is 6. The van der Waals surface area contributed by atoms with E-state index in [2.05, 4.69) is 9.80 Å². The summed E-state index contributed by atoms with van der Waals surface area (Å²) in [6, 6.07) is 14.4. The molecule has 1 aliphatic heterocycles. The number of aliphatic hydroxyl groups excluding tert-OH is 1. The second-order valence-electron chi connectivity index (χ2n) is 6.59. The third-order valence-electron chi connectivity index (χ3n) is 4.87. The Morgan fingerprint density at radius 1 is 0.960 bits per heavy atom. The fourth-order valence-corrected chi connectivity index (χ4v) is 3.46. The van der Waals surface area contributed by atoms with Crippen molar-refractivity contribution >= 4 is 0 Å². The minimum absolute atomic E-state index is 0.114. The van der Waals surface area contributed by atoms with Crippen molar-refractivity contribution in [2.75, 3.05) is 26.2 Å². The summed E-state index contributed by atoms with van der Waals surface area (Å²) >= 11 is 0. The minimum Gasteiger partial charge on any atom is -0.508 e. The molecular weight excluding hydrogens is 319 g/mol. The number of hydrogen-bond donors (Lipinski definition) is 2. The molecule has 0 radical (unpaired) electrons. The van der Waals surface area contributed by atoms with Crippen LogP contribution in [0, 0.1) is 5.82 Å². The molecule has 0 aliphatic carbocycles. The maximum atomic E-state index is 14.0. The Kier molecular flexibility index (Phi) is 6.02. The van der Waals surface area contributed by atoms with E-state index in [0.29, 0.717) is 30.8 Å². The number of halogens is 1. The summed E-state index contributed by atoms with van der Waals surface area (Å²) in [4.78, 5) is 4.53. The second kappa shape index (κ2) is 8.43. The summed E-state index contributed by atoms with van der Waals surface area (Å²) in [6.45, 7) is 3.81. The van der Waals surface area contributed by atoms with E-state index in [0.717, 1.165) is 25.2 Å². The Balaban J connectivity index is 1.66. The molecule has 3 rings (SSSR count). The zero-order chi connectivity index (χ0) is 17.6. The van der Waals surface area contributed by atoms with Gasteiger partial charge in [-0.2, -0.15) is 0 Å². The van der Waals surface area contributed by atoms with Gasteiger partial charge in [-0.05, 0) is 18.6 Å². The van der Waals surface area contributed by atoms with Crippen molar-refractivity contribution < 1.29 is 14.6 Å². The highest BCUT2D eigenvalue weighted by atomic mass is 19.1. The molecule has 1 fully saturated rings. The Morgan fingerprint density at radius 3 is 2.40 bits per heavy atom. The molecular formula is C20H25FN2O2. The third kappa shape index (κ3) is 4.57. The highest BCUT2D eigenvalue weighted by molar-refractivity contribution is 5.31. The Hall–Kier alpha value is -1.95. The zero-order valence-corrected chi connectivity index (χ0v) is 14.3. The molecule has 4 nitrogen and oxygen atoms in total. The molecule has 0 amide bonds. The van der Waals surface area contributed by atoms with Crippen LogP contribution in [-0.2, 0) is 13.1 Å². The molecule has 1 aliphatic rings. The van der Waals surface area contributed by atoms with Crippen LogP contribution in [0.15, 0.2) is 48.5 Å². The molecule has 0 aromatic heterocycles. The average Bonchev–Trinajstić information content (AvgIpc) is 2.61. The maximum Gasteiger partial charge on any atom is 0.127 e. The van der Waals surface area contributed by atoms with Crippen molar-refractivity contribution in [2.24, 2.45) is 0 Å². The molecule has 1 atom stereocenters. The summed E-state index contributed by atoms with van der Waals surface area (Å²) in [6.07, 6.45) is 0.658. The fourth-order valence-electron chi connectivity index (χ4n) is 3.46. The Labute approximate surface area is 148 Å². The maximum absolute atomic E-state index is 14.0. The summed E-state index contributed by atoms with van der Waals surface area (Å²) in [5.41, 5.74) is 1.60. The number of piperazine rings is 1. The summed E-state index contributed by atoms with van der Waals surface area (Å²) < 4.78 is 14.0. The van der Waals surface area contributed by atoms with E-state index in [1.54, 1.807) is 12.1 Å². The first-order valence-electron chi connectivity index (χ1n) is 8.75. The smallest absolute Gasteiger partial charge is 0.127 e. The predicted molar refractivity (Wildman–Crippen MR) is 95.7 cm³/mol. The molecule has 25 heavy (non-hydrogen) atoms. The van der Waals surface area contributed by atoms with Gasteiger partial charge in [0.1, 0.15) is 11.6 Å². The second-order valence-corrected chi connectivity index (χ2v) is 6.59. The van der Waals surface area contributed by atoms with Gasteiger partial charge in [0, 0.05) is 56.5 Å². The highest BCUT2D eigenvalue weighted by Crippen LogP contribution is 2.22. The fraction of sp³-hybridized carbons (Fsp3) is 0.400. The summed E-state index contributed by atoms with van der Waals surface area (Å²) in [7, 11) is 0. The van der Waals surface area contributed by atoms with Gasteiger partial charge >= 0.3 is 0 Å². The number of benzene rings is 2. The Morgan fingerprint density at radius 2 is 1.68 bits per heavy atom. The van der Waals surface area contributed by atoms with E-state index >= 15 is 0 Å². The largest absolute Gasteiger partial charge is 0.508 e. The number of aliphatic hydroxyl groups is 1. The van der Waals surface area contributed by atoms with E-state index in [4.69, 9.17) is 0 Å². The van der Waals surface area contributed by atoms with Crippen molar-refractivity contribution in [3.63, 3.8) is 0 Å². The lowest BCUT2D eigenvalue weighted by atomic mass is 10.1. The van der Waals surface area contributed by atoms with Gasteiger partial charge in [-0.25, -0.2) is 4.39 Å². The highest BCUT2D eigenvalue weighted by Gasteiger charge is 2.27. The first kappa shape index (κ1) is 17.9. The van der Waals surface area contributed by atoms with Crippen LogP contribution in [0.4, 0.5) is 4.39 Å². The van der Waals surface area contributed by atoms with Crippen LogP contribution >= 0.6 is 0 Å². The van der Waals surface area contributed by atoms with E-state index in [-0.39, 0.29) is 18.5 Å². The lowest BCUT2D eigenvalue weighted by molar-refractivity contribution is 0.0489. The van der Waals surface area contributed by atoms with Crippen LogP contribution in [-0.4, -0.2) is 52.3 Å². The molecule has 1 saturated heterocycles. The van der Waals surface area contributed by atoms with Crippen molar-refractivity contribution in [1.29, 1.82) is 0 Å². The number of phenolic OH excluding ortho intramolecular Hbond substituents is 1. The van der Waals surface area contributed by atoms with E-state index < -0.39 is 0 Å². The first-order chi connectivity index (χ1) is 12.2. The monoisotopic (exact) mass is 344 g/mol. The molecule has 2 aromatic carbocycles. The van der Waals surface area contributed by atoms with Crippen molar-refractivity contribution in [3.05, 3.63) is 65.5 Å². The molecule has 2 aromatic rings. The van der Waals surface area contributed by atoms with Gasteiger partial charge in [0.2, 0.25) is 0 Å². The van der Waals surface area contributed by atoms with Crippen LogP contribution in [0.2, 0.25) is 0 Å². The molecule has 0 unspecified atom stereocenters. The predicted octanol–water partition coefficient (Wildman–Crippen LogP) is 2.60. The van der Waals surface area contributed by atoms with Gasteiger partial charge in [-0.15, -0.1) is 0 Å². The van der Waals surface area contributed by atoms with Crippen LogP contribution in [0.3, 0.4) is 0 Å². The minimum atomic E-state index is -0.179. The van der Waals surface area contributed by atoms with E-state index in [1.165, 1.54) is 6.07 Å². The molecule has 0 bridgehead atoms. The number of hydrogen-bond acceptors (Lipinski definition) is 4. The number of aromatic hydroxyl groups is 1. The quantitative estimate of drug-likeness (QED) is 0.846. The number of nitrogens with zero attached hydrogens (tertiary/aromatic N) is 2. The molecule has 0 spiro atoms. The van der Waals surface area contributed by atoms with Crippen molar-refractivity contribution in [1.82, 2.24) is 9.80 Å². The SMILES string of the molecule is OCC[C@H]1CN(Cc2ccccc2O)CCN1Cc1ccccc1F. The normalized spacial score (nSPS) is 19.2. The van der Waals surface area contributed by atoms with Crippen LogP contribution in [0.5, 0.6) is 5.75 Å². The summed E-state index contributed by atoms with van der Waals surface area (Å²) in [5, 5.41) is 19.4. The van der Waals surface area contributed by atoms with Crippen LogP contribution in [0.1, 0.15) is 17.5 Å². The third-order valence-corrected chi connectivity index (χ3v) is 4.87.